The van der Waals surface area contributed by atoms with Crippen LogP contribution in [0.25, 0.3) is 6.08 Å². The molecule has 0 fully saturated rings. The van der Waals surface area contributed by atoms with Gasteiger partial charge in [0.05, 0.1) is 18.1 Å². The Kier molecular flexibility index (Phi) is 5.53. The molecule has 0 radical (unpaired) electrons. The number of nitro groups is 1. The number of ether oxygens (including phenoxy) is 2. The Morgan fingerprint density at radius 1 is 1.37 bits per heavy atom. The van der Waals surface area contributed by atoms with Crippen LogP contribution in [0.5, 0.6) is 5.75 Å². The second-order valence-electron chi connectivity index (χ2n) is 3.50. The summed E-state index contributed by atoms with van der Waals surface area (Å²) in [7, 11) is 0. The van der Waals surface area contributed by atoms with Crippen LogP contribution in [0, 0.1) is 10.1 Å². The summed E-state index contributed by atoms with van der Waals surface area (Å²) in [6.07, 6.45) is 2.68. The highest BCUT2D eigenvalue weighted by atomic mass is 16.6. The van der Waals surface area contributed by atoms with Gasteiger partial charge in [-0.2, -0.15) is 0 Å². The third-order valence-electron chi connectivity index (χ3n) is 2.18. The third-order valence-corrected chi connectivity index (χ3v) is 2.18. The molecule has 1 aromatic carbocycles. The average Bonchev–Trinajstić information content (AvgIpc) is 2.38. The summed E-state index contributed by atoms with van der Waals surface area (Å²) in [5.41, 5.74) is 0.399. The number of carbonyl (C=O) groups excluding carboxylic acids is 1. The molecule has 0 saturated heterocycles. The second kappa shape index (κ2) is 7.15. The van der Waals surface area contributed by atoms with Crippen molar-refractivity contribution < 1.29 is 19.2 Å². The summed E-state index contributed by atoms with van der Waals surface area (Å²) in [6, 6.07) is 4.49. The summed E-state index contributed by atoms with van der Waals surface area (Å²) >= 11 is 0. The number of esters is 1. The van der Waals surface area contributed by atoms with Gasteiger partial charge >= 0.3 is 11.7 Å². The Hall–Kier alpha value is -2.37. The minimum absolute atomic E-state index is 0.132. The monoisotopic (exact) mass is 265 g/mol. The molecule has 6 nitrogen and oxygen atoms in total. The highest BCUT2D eigenvalue weighted by Gasteiger charge is 2.14. The molecule has 0 N–H and O–H groups in total. The summed E-state index contributed by atoms with van der Waals surface area (Å²) in [5, 5.41) is 10.9. The lowest BCUT2D eigenvalue weighted by Gasteiger charge is -2.04. The number of hydrogen-bond acceptors (Lipinski definition) is 5. The van der Waals surface area contributed by atoms with E-state index in [0.717, 1.165) is 0 Å². The van der Waals surface area contributed by atoms with Gasteiger partial charge in [0.1, 0.15) is 0 Å². The molecule has 1 rings (SSSR count). The van der Waals surface area contributed by atoms with Crippen LogP contribution in [0.1, 0.15) is 19.4 Å². The standard InChI is InChI=1S/C13H15NO5/c1-3-18-12-7-5-10(9-11(12)14(16)17)6-8-13(15)19-4-2/h5-9H,3-4H2,1-2H3. The molecule has 6 heteroatoms. The fraction of sp³-hybridized carbons (Fsp3) is 0.308. The van der Waals surface area contributed by atoms with E-state index in [1.54, 1.807) is 19.9 Å². The van der Waals surface area contributed by atoms with Gasteiger partial charge in [0.15, 0.2) is 5.75 Å². The number of nitrogens with zero attached hydrogens (tertiary/aromatic N) is 1. The largest absolute Gasteiger partial charge is 0.487 e. The van der Waals surface area contributed by atoms with Crippen molar-refractivity contribution in [1.82, 2.24) is 0 Å². The Bertz CT molecular complexity index is 496. The lowest BCUT2D eigenvalue weighted by atomic mass is 10.1. The highest BCUT2D eigenvalue weighted by Crippen LogP contribution is 2.28. The summed E-state index contributed by atoms with van der Waals surface area (Å²) in [6.45, 7) is 4.08. The van der Waals surface area contributed by atoms with Crippen molar-refractivity contribution in [2.75, 3.05) is 13.2 Å². The van der Waals surface area contributed by atoms with Gasteiger partial charge in [-0.05, 0) is 31.6 Å². The van der Waals surface area contributed by atoms with Crippen LogP contribution >= 0.6 is 0 Å². The zero-order valence-corrected chi connectivity index (χ0v) is 10.8. The smallest absolute Gasteiger partial charge is 0.330 e. The molecule has 0 aliphatic carbocycles. The van der Waals surface area contributed by atoms with Gasteiger partial charge in [0, 0.05) is 12.1 Å². The zero-order valence-electron chi connectivity index (χ0n) is 10.8. The van der Waals surface area contributed by atoms with Crippen LogP contribution in [0.3, 0.4) is 0 Å². The molecular formula is C13H15NO5. The van der Waals surface area contributed by atoms with Crippen molar-refractivity contribution in [1.29, 1.82) is 0 Å². The predicted molar refractivity (Wildman–Crippen MR) is 69.9 cm³/mol. The first-order valence-corrected chi connectivity index (χ1v) is 5.84. The summed E-state index contributed by atoms with van der Waals surface area (Å²) < 4.78 is 9.88. The van der Waals surface area contributed by atoms with Crippen molar-refractivity contribution in [3.63, 3.8) is 0 Å². The lowest BCUT2D eigenvalue weighted by Crippen LogP contribution is -1.99. The van der Waals surface area contributed by atoms with E-state index < -0.39 is 10.9 Å². The van der Waals surface area contributed by atoms with Crippen LogP contribution in [0.15, 0.2) is 24.3 Å². The molecule has 0 amide bonds. The SMILES string of the molecule is CCOC(=O)C=Cc1ccc(OCC)c([N+](=O)[O-])c1. The van der Waals surface area contributed by atoms with Crippen molar-refractivity contribution in [2.45, 2.75) is 13.8 Å². The van der Waals surface area contributed by atoms with Crippen LogP contribution in [-0.4, -0.2) is 24.1 Å². The third kappa shape index (κ3) is 4.42. The van der Waals surface area contributed by atoms with Crippen molar-refractivity contribution in [3.8, 4) is 5.75 Å². The van der Waals surface area contributed by atoms with Gasteiger partial charge in [-0.3, -0.25) is 10.1 Å². The summed E-state index contributed by atoms with van der Waals surface area (Å²) in [4.78, 5) is 21.5. The molecule has 19 heavy (non-hydrogen) atoms. The van der Waals surface area contributed by atoms with E-state index in [2.05, 4.69) is 0 Å². The van der Waals surface area contributed by atoms with E-state index in [1.165, 1.54) is 24.3 Å². The maximum absolute atomic E-state index is 11.1. The predicted octanol–water partition coefficient (Wildman–Crippen LogP) is 2.57. The van der Waals surface area contributed by atoms with E-state index in [0.29, 0.717) is 12.2 Å². The maximum Gasteiger partial charge on any atom is 0.330 e. The van der Waals surface area contributed by atoms with E-state index in [9.17, 15) is 14.9 Å². The first-order valence-electron chi connectivity index (χ1n) is 5.84. The van der Waals surface area contributed by atoms with Gasteiger partial charge in [-0.1, -0.05) is 6.07 Å². The first-order chi connectivity index (χ1) is 9.08. The molecule has 0 bridgehead atoms. The average molecular weight is 265 g/mol. The lowest BCUT2D eigenvalue weighted by molar-refractivity contribution is -0.385. The normalized spacial score (nSPS) is 10.4. The Morgan fingerprint density at radius 2 is 2.11 bits per heavy atom. The Morgan fingerprint density at radius 3 is 2.68 bits per heavy atom. The quantitative estimate of drug-likeness (QED) is 0.342. The van der Waals surface area contributed by atoms with Crippen molar-refractivity contribution in [2.24, 2.45) is 0 Å². The van der Waals surface area contributed by atoms with Crippen LogP contribution in [0.2, 0.25) is 0 Å². The van der Waals surface area contributed by atoms with Crippen molar-refractivity contribution >= 4 is 17.7 Å². The fourth-order valence-corrected chi connectivity index (χ4v) is 1.41. The Balaban J connectivity index is 2.95. The minimum Gasteiger partial charge on any atom is -0.487 e. The number of hydrogen-bond donors (Lipinski definition) is 0. The molecule has 0 saturated carbocycles. The first kappa shape index (κ1) is 14.7. The van der Waals surface area contributed by atoms with Crippen LogP contribution in [0.4, 0.5) is 5.69 Å². The van der Waals surface area contributed by atoms with E-state index in [4.69, 9.17) is 9.47 Å². The number of benzene rings is 1. The molecule has 1 aromatic rings. The van der Waals surface area contributed by atoms with Crippen LogP contribution < -0.4 is 4.74 Å². The molecule has 0 heterocycles. The van der Waals surface area contributed by atoms with Gasteiger partial charge in [-0.25, -0.2) is 4.79 Å². The second-order valence-corrected chi connectivity index (χ2v) is 3.50. The maximum atomic E-state index is 11.1. The topological polar surface area (TPSA) is 78.7 Å². The van der Waals surface area contributed by atoms with Gasteiger partial charge in [0.2, 0.25) is 0 Å². The van der Waals surface area contributed by atoms with Gasteiger partial charge < -0.3 is 9.47 Å². The zero-order chi connectivity index (χ0) is 14.3. The van der Waals surface area contributed by atoms with Crippen molar-refractivity contribution in [3.05, 3.63) is 40.0 Å². The van der Waals surface area contributed by atoms with E-state index in [-0.39, 0.29) is 18.0 Å². The highest BCUT2D eigenvalue weighted by molar-refractivity contribution is 5.87. The fourth-order valence-electron chi connectivity index (χ4n) is 1.41. The number of rotatable bonds is 6. The minimum atomic E-state index is -0.521. The molecule has 0 unspecified atom stereocenters. The van der Waals surface area contributed by atoms with Gasteiger partial charge in [-0.15, -0.1) is 0 Å². The Labute approximate surface area is 110 Å². The number of nitro benzene ring substituents is 1. The molecule has 0 atom stereocenters. The number of carbonyl (C=O) groups is 1. The molecule has 0 aliphatic heterocycles. The molecule has 0 spiro atoms. The molecule has 0 aromatic heterocycles. The van der Waals surface area contributed by atoms with E-state index >= 15 is 0 Å². The summed E-state index contributed by atoms with van der Waals surface area (Å²) in [5.74, 6) is -0.278. The molecule has 0 aliphatic rings. The van der Waals surface area contributed by atoms with Gasteiger partial charge in [0.25, 0.3) is 0 Å². The molecular weight excluding hydrogens is 250 g/mol. The molecule has 102 valence electrons. The van der Waals surface area contributed by atoms with Crippen LogP contribution in [-0.2, 0) is 9.53 Å². The van der Waals surface area contributed by atoms with E-state index in [1.807, 2.05) is 0 Å².